The molecule has 0 heterocycles. The van der Waals surface area contributed by atoms with Crippen LogP contribution in [0.4, 0.5) is 4.79 Å². The number of amides is 2. The highest BCUT2D eigenvalue weighted by Gasteiger charge is 2.22. The molecule has 0 saturated heterocycles. The van der Waals surface area contributed by atoms with Crippen LogP contribution in [0, 0.1) is 13.8 Å². The summed E-state index contributed by atoms with van der Waals surface area (Å²) >= 11 is 0. The zero-order chi connectivity index (χ0) is 17.6. The number of rotatable bonds is 6. The Hall–Kier alpha value is -2.24. The minimum atomic E-state index is -0.838. The van der Waals surface area contributed by atoms with Crippen LogP contribution in [0.3, 0.4) is 0 Å². The summed E-state index contributed by atoms with van der Waals surface area (Å²) in [4.78, 5) is 23.2. The second-order valence-corrected chi connectivity index (χ2v) is 6.44. The van der Waals surface area contributed by atoms with Crippen molar-refractivity contribution in [3.63, 3.8) is 0 Å². The molecule has 0 aliphatic carbocycles. The summed E-state index contributed by atoms with van der Waals surface area (Å²) in [5.74, 6) is 0.130. The van der Waals surface area contributed by atoms with Crippen molar-refractivity contribution >= 4 is 12.0 Å². The lowest BCUT2D eigenvalue weighted by Gasteiger charge is -2.22. The molecule has 6 nitrogen and oxygen atoms in total. The first-order valence-corrected chi connectivity index (χ1v) is 7.58. The van der Waals surface area contributed by atoms with Crippen molar-refractivity contribution in [2.75, 3.05) is 6.61 Å². The van der Waals surface area contributed by atoms with E-state index in [0.717, 1.165) is 16.9 Å². The molecule has 0 aromatic heterocycles. The first kappa shape index (κ1) is 18.8. The van der Waals surface area contributed by atoms with Gasteiger partial charge >= 0.3 is 6.09 Å². The van der Waals surface area contributed by atoms with Gasteiger partial charge < -0.3 is 20.5 Å². The number of hydrogen-bond donors (Lipinski definition) is 2. The highest BCUT2D eigenvalue weighted by molar-refractivity contribution is 5.84. The Morgan fingerprint density at radius 2 is 1.91 bits per heavy atom. The van der Waals surface area contributed by atoms with Crippen molar-refractivity contribution in [2.45, 2.75) is 52.7 Å². The summed E-state index contributed by atoms with van der Waals surface area (Å²) in [5, 5.41) is 2.47. The first-order chi connectivity index (χ1) is 10.6. The van der Waals surface area contributed by atoms with Crippen LogP contribution in [0.2, 0.25) is 0 Å². The van der Waals surface area contributed by atoms with Gasteiger partial charge in [-0.25, -0.2) is 4.79 Å². The smallest absolute Gasteiger partial charge is 0.408 e. The molecule has 0 aliphatic rings. The number of benzene rings is 1. The third-order valence-electron chi connectivity index (χ3n) is 3.25. The van der Waals surface area contributed by atoms with Gasteiger partial charge in [0.1, 0.15) is 17.4 Å². The van der Waals surface area contributed by atoms with Crippen molar-refractivity contribution in [2.24, 2.45) is 5.73 Å². The quantitative estimate of drug-likeness (QED) is 0.841. The normalized spacial score (nSPS) is 12.4. The maximum atomic E-state index is 11.7. The fraction of sp³-hybridized carbons (Fsp3) is 0.529. The molecule has 1 aromatic rings. The number of aryl methyl sites for hydroxylation is 1. The minimum absolute atomic E-state index is 0.258. The van der Waals surface area contributed by atoms with E-state index in [4.69, 9.17) is 15.2 Å². The predicted molar refractivity (Wildman–Crippen MR) is 88.4 cm³/mol. The van der Waals surface area contributed by atoms with E-state index >= 15 is 0 Å². The summed E-state index contributed by atoms with van der Waals surface area (Å²) in [6.07, 6.45) is -0.407. The van der Waals surface area contributed by atoms with Crippen molar-refractivity contribution in [3.05, 3.63) is 29.3 Å². The van der Waals surface area contributed by atoms with E-state index in [1.807, 2.05) is 32.0 Å². The zero-order valence-corrected chi connectivity index (χ0v) is 14.4. The van der Waals surface area contributed by atoms with Gasteiger partial charge in [-0.05, 0) is 51.8 Å². The minimum Gasteiger partial charge on any atom is -0.493 e. The molecule has 0 saturated carbocycles. The molecule has 128 valence electrons. The lowest BCUT2D eigenvalue weighted by Crippen LogP contribution is -2.47. The van der Waals surface area contributed by atoms with Crippen molar-refractivity contribution in [1.82, 2.24) is 5.32 Å². The number of ether oxygens (including phenoxy) is 2. The van der Waals surface area contributed by atoms with Crippen LogP contribution in [-0.4, -0.2) is 30.3 Å². The third-order valence-corrected chi connectivity index (χ3v) is 3.25. The van der Waals surface area contributed by atoms with Crippen molar-refractivity contribution < 1.29 is 19.1 Å². The molecule has 3 N–H and O–H groups in total. The highest BCUT2D eigenvalue weighted by atomic mass is 16.6. The fourth-order valence-corrected chi connectivity index (χ4v) is 1.90. The SMILES string of the molecule is Cc1cccc(OCC[C@H](NC(=O)OC(C)(C)C)C(N)=O)c1C. The van der Waals surface area contributed by atoms with Gasteiger partial charge in [0.2, 0.25) is 5.91 Å². The van der Waals surface area contributed by atoms with Gasteiger partial charge in [0, 0.05) is 6.42 Å². The number of hydrogen-bond acceptors (Lipinski definition) is 4. The lowest BCUT2D eigenvalue weighted by molar-refractivity contribution is -0.120. The Morgan fingerprint density at radius 1 is 1.26 bits per heavy atom. The van der Waals surface area contributed by atoms with Crippen LogP contribution < -0.4 is 15.8 Å². The average molecular weight is 322 g/mol. The molecule has 23 heavy (non-hydrogen) atoms. The van der Waals surface area contributed by atoms with Gasteiger partial charge in [0.25, 0.3) is 0 Å². The van der Waals surface area contributed by atoms with E-state index < -0.39 is 23.6 Å². The number of carbonyl (C=O) groups excluding carboxylic acids is 2. The number of nitrogens with one attached hydrogen (secondary N) is 1. The molecule has 6 heteroatoms. The summed E-state index contributed by atoms with van der Waals surface area (Å²) in [5.41, 5.74) is 6.85. The molecular formula is C17H26N2O4. The molecule has 1 aromatic carbocycles. The van der Waals surface area contributed by atoms with E-state index in [1.165, 1.54) is 0 Å². The Kier molecular flexibility index (Phi) is 6.42. The Morgan fingerprint density at radius 3 is 2.48 bits per heavy atom. The first-order valence-electron chi connectivity index (χ1n) is 7.58. The van der Waals surface area contributed by atoms with Crippen molar-refractivity contribution in [1.29, 1.82) is 0 Å². The van der Waals surface area contributed by atoms with E-state index in [0.29, 0.717) is 0 Å². The topological polar surface area (TPSA) is 90.7 Å². The lowest BCUT2D eigenvalue weighted by atomic mass is 10.1. The van der Waals surface area contributed by atoms with Gasteiger partial charge in [0.15, 0.2) is 0 Å². The number of alkyl carbamates (subject to hydrolysis) is 1. The maximum absolute atomic E-state index is 11.7. The van der Waals surface area contributed by atoms with Gasteiger partial charge in [-0.1, -0.05) is 12.1 Å². The third kappa shape index (κ3) is 6.59. The van der Waals surface area contributed by atoms with Crippen LogP contribution in [0.25, 0.3) is 0 Å². The van der Waals surface area contributed by atoms with E-state index in [2.05, 4.69) is 5.32 Å². The summed E-state index contributed by atoms with van der Waals surface area (Å²) < 4.78 is 10.8. The molecule has 2 amide bonds. The second-order valence-electron chi connectivity index (χ2n) is 6.44. The Bertz CT molecular complexity index is 564. The molecule has 0 bridgehead atoms. The van der Waals surface area contributed by atoms with E-state index in [9.17, 15) is 9.59 Å². The number of nitrogens with two attached hydrogens (primary N) is 1. The standard InChI is InChI=1S/C17H26N2O4/c1-11-7-6-8-14(12(11)2)22-10-9-13(15(18)20)19-16(21)23-17(3,4)5/h6-8,13H,9-10H2,1-5H3,(H2,18,20)(H,19,21)/t13-/m0/s1. The van der Waals surface area contributed by atoms with Crippen LogP contribution >= 0.6 is 0 Å². The average Bonchev–Trinajstić information content (AvgIpc) is 2.40. The fourth-order valence-electron chi connectivity index (χ4n) is 1.90. The number of carbonyl (C=O) groups is 2. The van der Waals surface area contributed by atoms with E-state index in [-0.39, 0.29) is 13.0 Å². The summed E-state index contributed by atoms with van der Waals surface area (Å²) in [6.45, 7) is 9.46. The van der Waals surface area contributed by atoms with Crippen LogP contribution in [0.1, 0.15) is 38.3 Å². The van der Waals surface area contributed by atoms with Gasteiger partial charge in [-0.3, -0.25) is 4.79 Å². The van der Waals surface area contributed by atoms with Crippen LogP contribution in [-0.2, 0) is 9.53 Å². The predicted octanol–water partition coefficient (Wildman–Crippen LogP) is 2.45. The Labute approximate surface area is 137 Å². The largest absolute Gasteiger partial charge is 0.493 e. The second kappa shape index (κ2) is 7.85. The highest BCUT2D eigenvalue weighted by Crippen LogP contribution is 2.20. The molecular weight excluding hydrogens is 296 g/mol. The van der Waals surface area contributed by atoms with Gasteiger partial charge in [-0.15, -0.1) is 0 Å². The molecule has 1 atom stereocenters. The molecule has 0 radical (unpaired) electrons. The molecule has 0 unspecified atom stereocenters. The molecule has 0 aliphatic heterocycles. The molecule has 1 rings (SSSR count). The Balaban J connectivity index is 2.55. The monoisotopic (exact) mass is 322 g/mol. The molecule has 0 spiro atoms. The molecule has 0 fully saturated rings. The number of primary amides is 1. The van der Waals surface area contributed by atoms with Crippen LogP contribution in [0.5, 0.6) is 5.75 Å². The summed E-state index contributed by atoms with van der Waals surface area (Å²) in [7, 11) is 0. The van der Waals surface area contributed by atoms with Crippen molar-refractivity contribution in [3.8, 4) is 5.75 Å². The maximum Gasteiger partial charge on any atom is 0.408 e. The van der Waals surface area contributed by atoms with Crippen LogP contribution in [0.15, 0.2) is 18.2 Å². The van der Waals surface area contributed by atoms with E-state index in [1.54, 1.807) is 20.8 Å². The zero-order valence-electron chi connectivity index (χ0n) is 14.4. The van der Waals surface area contributed by atoms with Gasteiger partial charge in [-0.2, -0.15) is 0 Å². The van der Waals surface area contributed by atoms with Gasteiger partial charge in [0.05, 0.1) is 6.61 Å². The summed E-state index contributed by atoms with van der Waals surface area (Å²) in [6, 6.07) is 4.93.